The third-order valence-electron chi connectivity index (χ3n) is 4.13. The highest BCUT2D eigenvalue weighted by Crippen LogP contribution is 2.10. The molecule has 112 valence electrons. The van der Waals surface area contributed by atoms with Crippen LogP contribution < -0.4 is 5.32 Å². The van der Waals surface area contributed by atoms with E-state index in [1.54, 1.807) is 0 Å². The van der Waals surface area contributed by atoms with Crippen LogP contribution in [0.5, 0.6) is 0 Å². The van der Waals surface area contributed by atoms with Gasteiger partial charge in [-0.15, -0.1) is 0 Å². The molecule has 2 atom stereocenters. The Bertz CT molecular complexity index is 217. The molecule has 1 N–H and O–H groups in total. The molecule has 0 amide bonds. The summed E-state index contributed by atoms with van der Waals surface area (Å²) in [6, 6.07) is 0. The molecule has 0 bridgehead atoms. The first-order chi connectivity index (χ1) is 9.35. The average Bonchev–Trinajstić information content (AvgIpc) is 2.50. The van der Waals surface area contributed by atoms with Gasteiger partial charge in [0.1, 0.15) is 0 Å². The molecule has 0 aliphatic carbocycles. The van der Waals surface area contributed by atoms with E-state index in [4.69, 9.17) is 9.47 Å². The zero-order chi connectivity index (χ0) is 13.5. The van der Waals surface area contributed by atoms with Gasteiger partial charge in [0.05, 0.1) is 38.8 Å². The van der Waals surface area contributed by atoms with Crippen molar-refractivity contribution in [1.29, 1.82) is 0 Å². The third kappa shape index (κ3) is 4.39. The van der Waals surface area contributed by atoms with Crippen LogP contribution in [0.1, 0.15) is 26.7 Å². The van der Waals surface area contributed by atoms with Crippen molar-refractivity contribution in [1.82, 2.24) is 15.1 Å². The number of hydrogen-bond acceptors (Lipinski definition) is 5. The average molecular weight is 271 g/mol. The lowest BCUT2D eigenvalue weighted by atomic mass is 10.2. The number of nitrogens with one attached hydrogen (secondary N) is 1. The van der Waals surface area contributed by atoms with E-state index in [0.29, 0.717) is 12.3 Å². The van der Waals surface area contributed by atoms with Crippen molar-refractivity contribution in [3.8, 4) is 0 Å². The summed E-state index contributed by atoms with van der Waals surface area (Å²) in [6.45, 7) is 12.2. The van der Waals surface area contributed by atoms with Crippen molar-refractivity contribution in [3.05, 3.63) is 0 Å². The van der Waals surface area contributed by atoms with E-state index in [-0.39, 0.29) is 0 Å². The van der Waals surface area contributed by atoms with Gasteiger partial charge in [-0.25, -0.2) is 0 Å². The minimum Gasteiger partial charge on any atom is -0.379 e. The Hall–Kier alpha value is -0.200. The fraction of sp³-hybridized carbons (Fsp3) is 1.00. The fourth-order valence-corrected chi connectivity index (χ4v) is 2.96. The maximum Gasteiger partial charge on any atom is 0.0608 e. The molecule has 5 nitrogen and oxygen atoms in total. The lowest BCUT2D eigenvalue weighted by Crippen LogP contribution is -2.58. The standard InChI is InChI=1S/C14H29N3O2/c1-3-13(16-5-9-18-10-6-16)15-14(4-2)17-7-11-19-12-8-17/h13-15H,3-12H2,1-2H3. The molecule has 0 aromatic heterocycles. The Kier molecular flexibility index (Phi) is 6.53. The van der Waals surface area contributed by atoms with Gasteiger partial charge in [-0.05, 0) is 12.8 Å². The second-order valence-electron chi connectivity index (χ2n) is 5.31. The van der Waals surface area contributed by atoms with Gasteiger partial charge in [-0.2, -0.15) is 0 Å². The molecule has 0 aromatic carbocycles. The molecule has 0 radical (unpaired) electrons. The van der Waals surface area contributed by atoms with Gasteiger partial charge in [-0.1, -0.05) is 13.8 Å². The van der Waals surface area contributed by atoms with Crippen LogP contribution >= 0.6 is 0 Å². The predicted octanol–water partition coefficient (Wildman–Crippen LogP) is 0.713. The smallest absolute Gasteiger partial charge is 0.0608 e. The molecule has 19 heavy (non-hydrogen) atoms. The van der Waals surface area contributed by atoms with E-state index in [0.717, 1.165) is 65.4 Å². The highest BCUT2D eigenvalue weighted by molar-refractivity contribution is 4.77. The van der Waals surface area contributed by atoms with Crippen LogP contribution in [0.3, 0.4) is 0 Å². The van der Waals surface area contributed by atoms with Crippen LogP contribution in [0.4, 0.5) is 0 Å². The lowest BCUT2D eigenvalue weighted by molar-refractivity contribution is -0.0245. The van der Waals surface area contributed by atoms with Gasteiger partial charge in [0.15, 0.2) is 0 Å². The largest absolute Gasteiger partial charge is 0.379 e. The van der Waals surface area contributed by atoms with Gasteiger partial charge in [-0.3, -0.25) is 15.1 Å². The van der Waals surface area contributed by atoms with E-state index < -0.39 is 0 Å². The molecule has 2 heterocycles. The number of hydrogen-bond donors (Lipinski definition) is 1. The fourth-order valence-electron chi connectivity index (χ4n) is 2.96. The van der Waals surface area contributed by atoms with Crippen molar-refractivity contribution >= 4 is 0 Å². The van der Waals surface area contributed by atoms with Crippen molar-refractivity contribution < 1.29 is 9.47 Å². The highest BCUT2D eigenvalue weighted by Gasteiger charge is 2.25. The number of morpholine rings is 2. The van der Waals surface area contributed by atoms with E-state index in [1.165, 1.54) is 0 Å². The first-order valence-corrected chi connectivity index (χ1v) is 7.74. The molecule has 2 aliphatic rings. The Balaban J connectivity index is 1.86. The molecule has 0 saturated carbocycles. The van der Waals surface area contributed by atoms with Crippen LogP contribution in [-0.4, -0.2) is 74.7 Å². The Morgan fingerprint density at radius 2 is 1.16 bits per heavy atom. The molecular weight excluding hydrogens is 242 g/mol. The molecular formula is C14H29N3O2. The molecule has 5 heteroatoms. The van der Waals surface area contributed by atoms with Gasteiger partial charge < -0.3 is 9.47 Å². The SMILES string of the molecule is CCC(NC(CC)N1CCOCC1)N1CCOCC1. The number of ether oxygens (including phenoxy) is 2. The van der Waals surface area contributed by atoms with Crippen LogP contribution in [0, 0.1) is 0 Å². The molecule has 2 fully saturated rings. The third-order valence-corrected chi connectivity index (χ3v) is 4.13. The summed E-state index contributed by atoms with van der Waals surface area (Å²) in [6.07, 6.45) is 3.22. The first-order valence-electron chi connectivity index (χ1n) is 7.74. The zero-order valence-corrected chi connectivity index (χ0v) is 12.4. The Morgan fingerprint density at radius 1 is 0.789 bits per heavy atom. The second-order valence-corrected chi connectivity index (χ2v) is 5.31. The summed E-state index contributed by atoms with van der Waals surface area (Å²) < 4.78 is 10.9. The van der Waals surface area contributed by atoms with Crippen molar-refractivity contribution in [3.63, 3.8) is 0 Å². The maximum atomic E-state index is 5.45. The van der Waals surface area contributed by atoms with E-state index >= 15 is 0 Å². The van der Waals surface area contributed by atoms with Gasteiger partial charge in [0.25, 0.3) is 0 Å². The van der Waals surface area contributed by atoms with Crippen LogP contribution in [0.2, 0.25) is 0 Å². The normalized spacial score (nSPS) is 26.2. The minimum absolute atomic E-state index is 0.469. The van der Waals surface area contributed by atoms with Crippen LogP contribution in [-0.2, 0) is 9.47 Å². The summed E-state index contributed by atoms with van der Waals surface area (Å²) >= 11 is 0. The molecule has 0 spiro atoms. The summed E-state index contributed by atoms with van der Waals surface area (Å²) in [5.41, 5.74) is 0. The molecule has 2 saturated heterocycles. The quantitative estimate of drug-likeness (QED) is 0.770. The summed E-state index contributed by atoms with van der Waals surface area (Å²) in [5.74, 6) is 0. The predicted molar refractivity (Wildman–Crippen MR) is 76.1 cm³/mol. The zero-order valence-electron chi connectivity index (χ0n) is 12.4. The van der Waals surface area contributed by atoms with Crippen molar-refractivity contribution in [2.24, 2.45) is 0 Å². The summed E-state index contributed by atoms with van der Waals surface area (Å²) in [4.78, 5) is 5.04. The minimum atomic E-state index is 0.469. The van der Waals surface area contributed by atoms with E-state index in [2.05, 4.69) is 29.0 Å². The molecule has 0 aromatic rings. The Morgan fingerprint density at radius 3 is 1.47 bits per heavy atom. The summed E-state index contributed by atoms with van der Waals surface area (Å²) in [5, 5.41) is 3.83. The topological polar surface area (TPSA) is 37.0 Å². The van der Waals surface area contributed by atoms with Gasteiger partial charge in [0, 0.05) is 26.2 Å². The molecule has 2 unspecified atom stereocenters. The molecule has 2 rings (SSSR count). The number of nitrogens with zero attached hydrogens (tertiary/aromatic N) is 2. The van der Waals surface area contributed by atoms with Crippen molar-refractivity contribution in [2.75, 3.05) is 52.6 Å². The Labute approximate surface area is 117 Å². The van der Waals surface area contributed by atoms with E-state index in [1.807, 2.05) is 0 Å². The van der Waals surface area contributed by atoms with Crippen molar-refractivity contribution in [2.45, 2.75) is 39.0 Å². The maximum absolute atomic E-state index is 5.45. The van der Waals surface area contributed by atoms with Gasteiger partial charge >= 0.3 is 0 Å². The van der Waals surface area contributed by atoms with E-state index in [9.17, 15) is 0 Å². The highest BCUT2D eigenvalue weighted by atomic mass is 16.5. The second kappa shape index (κ2) is 8.17. The van der Waals surface area contributed by atoms with Crippen LogP contribution in [0.25, 0.3) is 0 Å². The van der Waals surface area contributed by atoms with Crippen LogP contribution in [0.15, 0.2) is 0 Å². The lowest BCUT2D eigenvalue weighted by Gasteiger charge is -2.41. The summed E-state index contributed by atoms with van der Waals surface area (Å²) in [7, 11) is 0. The van der Waals surface area contributed by atoms with Gasteiger partial charge in [0.2, 0.25) is 0 Å². The molecule has 2 aliphatic heterocycles. The monoisotopic (exact) mass is 271 g/mol. The number of rotatable bonds is 6. The first kappa shape index (κ1) is 15.2.